The summed E-state index contributed by atoms with van der Waals surface area (Å²) >= 11 is 0. The van der Waals surface area contributed by atoms with Crippen LogP contribution in [0.15, 0.2) is 53.4 Å². The summed E-state index contributed by atoms with van der Waals surface area (Å²) in [7, 11) is 0.835. The number of aryl methyl sites for hydroxylation is 1. The molecule has 2 aromatic carbocycles. The minimum atomic E-state index is -3.89. The molecule has 0 atom stereocenters. The Balaban J connectivity index is 1.80. The molecule has 0 fully saturated rings. The van der Waals surface area contributed by atoms with Gasteiger partial charge in [-0.25, -0.2) is 8.42 Å². The molecule has 0 amide bonds. The number of anilines is 1. The number of phenolic OH excluding ortho intramolecular Hbond substituents is 1. The van der Waals surface area contributed by atoms with Crippen LogP contribution in [-0.4, -0.2) is 37.3 Å². The second-order valence-corrected chi connectivity index (χ2v) is 8.14. The summed E-state index contributed by atoms with van der Waals surface area (Å²) < 4.78 is 40.6. The van der Waals surface area contributed by atoms with Crippen molar-refractivity contribution in [2.24, 2.45) is 7.05 Å². The highest BCUT2D eigenvalue weighted by Gasteiger charge is 2.20. The molecular weight excluding hydrogens is 394 g/mol. The number of aromatic hydroxyl groups is 1. The molecular formula is C20H19N3O5S. The molecule has 4 rings (SSSR count). The first-order valence-corrected chi connectivity index (χ1v) is 10.2. The van der Waals surface area contributed by atoms with Gasteiger partial charge in [-0.1, -0.05) is 0 Å². The van der Waals surface area contributed by atoms with Crippen LogP contribution in [0.3, 0.4) is 0 Å². The lowest BCUT2D eigenvalue weighted by molar-refractivity contribution is 0.366. The van der Waals surface area contributed by atoms with Gasteiger partial charge in [0, 0.05) is 35.5 Å². The predicted octanol–water partition coefficient (Wildman–Crippen LogP) is 3.25. The van der Waals surface area contributed by atoms with Crippen molar-refractivity contribution in [3.8, 4) is 17.5 Å². The summed E-state index contributed by atoms with van der Waals surface area (Å²) in [6.45, 7) is 0. The zero-order valence-electron chi connectivity index (χ0n) is 16.0. The van der Waals surface area contributed by atoms with Gasteiger partial charge in [0.25, 0.3) is 10.0 Å². The SMILES string of the molecule is COc1ccc(NS(=O)(=O)c2ccc3c(c2)c2ccc(O)cc2n3C)c(OC)n1. The predicted molar refractivity (Wildman–Crippen MR) is 110 cm³/mol. The molecule has 150 valence electrons. The smallest absolute Gasteiger partial charge is 0.262 e. The van der Waals surface area contributed by atoms with Gasteiger partial charge in [-0.2, -0.15) is 4.98 Å². The molecule has 8 nitrogen and oxygen atoms in total. The molecule has 0 saturated carbocycles. The van der Waals surface area contributed by atoms with Gasteiger partial charge < -0.3 is 19.1 Å². The first kappa shape index (κ1) is 18.9. The molecule has 2 aromatic heterocycles. The van der Waals surface area contributed by atoms with Crippen molar-refractivity contribution < 1.29 is 23.0 Å². The number of fused-ring (bicyclic) bond motifs is 3. The van der Waals surface area contributed by atoms with E-state index in [9.17, 15) is 13.5 Å². The number of hydrogen-bond acceptors (Lipinski definition) is 6. The third-order valence-corrected chi connectivity index (χ3v) is 6.12. The molecule has 2 heterocycles. The summed E-state index contributed by atoms with van der Waals surface area (Å²) in [6, 6.07) is 13.0. The second kappa shape index (κ2) is 6.85. The van der Waals surface area contributed by atoms with E-state index >= 15 is 0 Å². The van der Waals surface area contributed by atoms with Crippen molar-refractivity contribution in [3.05, 3.63) is 48.5 Å². The van der Waals surface area contributed by atoms with Crippen molar-refractivity contribution in [2.45, 2.75) is 4.90 Å². The average Bonchev–Trinajstić information content (AvgIpc) is 2.99. The highest BCUT2D eigenvalue weighted by Crippen LogP contribution is 2.33. The van der Waals surface area contributed by atoms with Crippen molar-refractivity contribution in [1.29, 1.82) is 0 Å². The molecule has 0 unspecified atom stereocenters. The lowest BCUT2D eigenvalue weighted by Crippen LogP contribution is -2.14. The Hall–Kier alpha value is -3.46. The van der Waals surface area contributed by atoms with Crippen LogP contribution in [0.1, 0.15) is 0 Å². The number of sulfonamides is 1. The van der Waals surface area contributed by atoms with Gasteiger partial charge in [0.05, 0.1) is 24.6 Å². The van der Waals surface area contributed by atoms with Crippen molar-refractivity contribution in [3.63, 3.8) is 0 Å². The van der Waals surface area contributed by atoms with Gasteiger partial charge >= 0.3 is 0 Å². The van der Waals surface area contributed by atoms with Gasteiger partial charge in [0.15, 0.2) is 0 Å². The molecule has 0 aliphatic rings. The highest BCUT2D eigenvalue weighted by atomic mass is 32.2. The Bertz CT molecular complexity index is 1350. The summed E-state index contributed by atoms with van der Waals surface area (Å²) in [5, 5.41) is 11.4. The summed E-state index contributed by atoms with van der Waals surface area (Å²) in [5.74, 6) is 0.567. The number of phenols is 1. The van der Waals surface area contributed by atoms with Crippen molar-refractivity contribution in [1.82, 2.24) is 9.55 Å². The zero-order valence-corrected chi connectivity index (χ0v) is 16.8. The molecule has 0 aliphatic carbocycles. The number of pyridine rings is 1. The minimum Gasteiger partial charge on any atom is -0.508 e. The molecule has 0 bridgehead atoms. The summed E-state index contributed by atoms with van der Waals surface area (Å²) in [4.78, 5) is 4.19. The Kier molecular flexibility index (Phi) is 4.46. The van der Waals surface area contributed by atoms with Gasteiger partial charge in [-0.3, -0.25) is 4.72 Å². The number of rotatable bonds is 5. The second-order valence-electron chi connectivity index (χ2n) is 6.46. The standard InChI is InChI=1S/C20H19N3O5S/c1-23-17-8-5-13(11-15(17)14-6-4-12(24)10-18(14)23)29(25,26)22-16-7-9-19(27-2)21-20(16)28-3/h4-11,22,24H,1-3H3. The fraction of sp³-hybridized carbons (Fsp3) is 0.150. The van der Waals surface area contributed by atoms with Gasteiger partial charge in [0.1, 0.15) is 11.4 Å². The van der Waals surface area contributed by atoms with Crippen LogP contribution in [0.4, 0.5) is 5.69 Å². The fourth-order valence-corrected chi connectivity index (χ4v) is 4.40. The van der Waals surface area contributed by atoms with E-state index < -0.39 is 10.0 Å². The number of methoxy groups -OCH3 is 2. The average molecular weight is 413 g/mol. The lowest BCUT2D eigenvalue weighted by Gasteiger charge is -2.12. The van der Waals surface area contributed by atoms with E-state index in [1.165, 1.54) is 26.4 Å². The van der Waals surface area contributed by atoms with Crippen LogP contribution < -0.4 is 14.2 Å². The summed E-state index contributed by atoms with van der Waals surface area (Å²) in [5.41, 5.74) is 1.87. The molecule has 0 aliphatic heterocycles. The largest absolute Gasteiger partial charge is 0.508 e. The maximum absolute atomic E-state index is 13.0. The Morgan fingerprint density at radius 3 is 2.48 bits per heavy atom. The first-order chi connectivity index (χ1) is 13.8. The minimum absolute atomic E-state index is 0.100. The zero-order chi connectivity index (χ0) is 20.8. The van der Waals surface area contributed by atoms with Gasteiger partial charge in [-0.15, -0.1) is 0 Å². The van der Waals surface area contributed by atoms with Crippen LogP contribution in [-0.2, 0) is 17.1 Å². The number of nitrogens with zero attached hydrogens (tertiary/aromatic N) is 2. The molecule has 4 aromatic rings. The quantitative estimate of drug-likeness (QED) is 0.521. The monoisotopic (exact) mass is 413 g/mol. The number of aromatic nitrogens is 2. The van der Waals surface area contributed by atoms with E-state index in [-0.39, 0.29) is 22.2 Å². The van der Waals surface area contributed by atoms with Crippen molar-refractivity contribution in [2.75, 3.05) is 18.9 Å². The van der Waals surface area contributed by atoms with Crippen LogP contribution in [0.25, 0.3) is 21.8 Å². The third kappa shape index (κ3) is 3.19. The van der Waals surface area contributed by atoms with E-state index in [0.29, 0.717) is 5.88 Å². The highest BCUT2D eigenvalue weighted by molar-refractivity contribution is 7.92. The topological polar surface area (TPSA) is 103 Å². The fourth-order valence-electron chi connectivity index (χ4n) is 3.32. The normalized spacial score (nSPS) is 11.7. The van der Waals surface area contributed by atoms with E-state index in [0.717, 1.165) is 21.8 Å². The Labute approximate surface area is 167 Å². The van der Waals surface area contributed by atoms with Crippen LogP contribution in [0.2, 0.25) is 0 Å². The number of ether oxygens (including phenoxy) is 2. The van der Waals surface area contributed by atoms with E-state index in [1.807, 2.05) is 11.6 Å². The number of hydrogen-bond donors (Lipinski definition) is 2. The molecule has 2 N–H and O–H groups in total. The maximum atomic E-state index is 13.0. The molecule has 0 saturated heterocycles. The van der Waals surface area contributed by atoms with Crippen LogP contribution in [0.5, 0.6) is 17.5 Å². The summed E-state index contributed by atoms with van der Waals surface area (Å²) in [6.07, 6.45) is 0. The van der Waals surface area contributed by atoms with Crippen molar-refractivity contribution >= 4 is 37.5 Å². The number of nitrogens with one attached hydrogen (secondary N) is 1. The van der Waals surface area contributed by atoms with E-state index in [4.69, 9.17) is 9.47 Å². The molecule has 9 heteroatoms. The van der Waals surface area contributed by atoms with Gasteiger partial charge in [0.2, 0.25) is 11.8 Å². The number of benzene rings is 2. The third-order valence-electron chi connectivity index (χ3n) is 4.75. The molecule has 29 heavy (non-hydrogen) atoms. The van der Waals surface area contributed by atoms with E-state index in [2.05, 4.69) is 9.71 Å². The van der Waals surface area contributed by atoms with E-state index in [1.54, 1.807) is 36.4 Å². The van der Waals surface area contributed by atoms with Crippen LogP contribution >= 0.6 is 0 Å². The molecule has 0 spiro atoms. The first-order valence-electron chi connectivity index (χ1n) is 8.67. The maximum Gasteiger partial charge on any atom is 0.262 e. The van der Waals surface area contributed by atoms with Gasteiger partial charge in [-0.05, 0) is 36.4 Å². The Morgan fingerprint density at radius 2 is 1.76 bits per heavy atom. The Morgan fingerprint density at radius 1 is 0.966 bits per heavy atom. The molecule has 0 radical (unpaired) electrons. The lowest BCUT2D eigenvalue weighted by atomic mass is 10.1. The van der Waals surface area contributed by atoms with Crippen LogP contribution in [0, 0.1) is 0 Å².